The highest BCUT2D eigenvalue weighted by Crippen LogP contribution is 2.24. The Morgan fingerprint density at radius 3 is 2.49 bits per heavy atom. The molecular weight excluding hydrogens is 507 g/mol. The maximum atomic E-state index is 13.6. The topological polar surface area (TPSA) is 101 Å². The number of aliphatic hydroxyl groups is 3. The quantitative estimate of drug-likeness (QED) is 0.243. The van der Waals surface area contributed by atoms with Crippen LogP contribution in [-0.2, 0) is 17.7 Å². The van der Waals surface area contributed by atoms with Crippen LogP contribution in [-0.4, -0.2) is 66.4 Å². The highest BCUT2D eigenvalue weighted by molar-refractivity contribution is 7.99. The van der Waals surface area contributed by atoms with Gasteiger partial charge in [0.2, 0.25) is 0 Å². The molecule has 190 valence electrons. The molecule has 0 radical (unpaired) electrons. The first-order chi connectivity index (χ1) is 16.7. The summed E-state index contributed by atoms with van der Waals surface area (Å²) >= 11 is 7.30. The van der Waals surface area contributed by atoms with Gasteiger partial charge >= 0.3 is 0 Å². The van der Waals surface area contributed by atoms with Gasteiger partial charge in [0, 0.05) is 10.6 Å². The van der Waals surface area contributed by atoms with E-state index in [2.05, 4.69) is 10.3 Å². The van der Waals surface area contributed by atoms with Crippen LogP contribution in [0.1, 0.15) is 12.5 Å². The minimum atomic E-state index is -1.58. The number of aromatic nitrogens is 3. The van der Waals surface area contributed by atoms with E-state index in [1.54, 1.807) is 6.07 Å². The number of ether oxygens (including phenoxy) is 1. The van der Waals surface area contributed by atoms with Gasteiger partial charge in [-0.15, -0.1) is 16.9 Å². The number of halogens is 4. The molecule has 3 aromatic rings. The van der Waals surface area contributed by atoms with Crippen LogP contribution >= 0.6 is 23.4 Å². The monoisotopic (exact) mass is 531 g/mol. The zero-order chi connectivity index (χ0) is 25.5. The van der Waals surface area contributed by atoms with Gasteiger partial charge in [-0.25, -0.2) is 17.9 Å². The Labute approximate surface area is 209 Å². The summed E-state index contributed by atoms with van der Waals surface area (Å²) in [6, 6.07) is 8.96. The molecule has 0 aliphatic heterocycles. The van der Waals surface area contributed by atoms with Crippen molar-refractivity contribution in [2.75, 3.05) is 12.4 Å². The molecule has 0 bridgehead atoms. The fourth-order valence-electron chi connectivity index (χ4n) is 3.21. The van der Waals surface area contributed by atoms with Gasteiger partial charge < -0.3 is 20.1 Å². The summed E-state index contributed by atoms with van der Waals surface area (Å²) in [5.74, 6) is -3.75. The average molecular weight is 532 g/mol. The van der Waals surface area contributed by atoms with Crippen molar-refractivity contribution in [3.8, 4) is 11.3 Å². The minimum absolute atomic E-state index is 0.0136. The fourth-order valence-corrected chi connectivity index (χ4v) is 4.54. The maximum absolute atomic E-state index is 13.6. The van der Waals surface area contributed by atoms with E-state index < -0.39 is 47.8 Å². The van der Waals surface area contributed by atoms with Crippen LogP contribution < -0.4 is 0 Å². The molecule has 35 heavy (non-hydrogen) atoms. The number of hydrogen-bond acceptors (Lipinski definition) is 7. The Bertz CT molecular complexity index is 1100. The van der Waals surface area contributed by atoms with Crippen molar-refractivity contribution in [3.05, 3.63) is 70.6 Å². The van der Waals surface area contributed by atoms with Gasteiger partial charge in [0.15, 0.2) is 17.5 Å². The number of nitrogens with zero attached hydrogens (tertiary/aromatic N) is 3. The lowest BCUT2D eigenvalue weighted by Gasteiger charge is -2.28. The minimum Gasteiger partial charge on any atom is -0.394 e. The Morgan fingerprint density at radius 2 is 1.86 bits per heavy atom. The number of rotatable bonds is 12. The van der Waals surface area contributed by atoms with E-state index in [9.17, 15) is 28.5 Å². The van der Waals surface area contributed by atoms with E-state index in [0.29, 0.717) is 17.2 Å². The summed E-state index contributed by atoms with van der Waals surface area (Å²) in [5.41, 5.74) is 0.208. The molecule has 0 saturated carbocycles. The van der Waals surface area contributed by atoms with Crippen LogP contribution in [0.5, 0.6) is 0 Å². The lowest BCUT2D eigenvalue weighted by Crippen LogP contribution is -2.39. The van der Waals surface area contributed by atoms with Crippen molar-refractivity contribution in [3.63, 3.8) is 0 Å². The largest absolute Gasteiger partial charge is 0.394 e. The first kappa shape index (κ1) is 27.4. The average Bonchev–Trinajstić information content (AvgIpc) is 3.27. The van der Waals surface area contributed by atoms with Crippen molar-refractivity contribution in [1.82, 2.24) is 15.0 Å². The Kier molecular flexibility index (Phi) is 9.96. The predicted molar refractivity (Wildman–Crippen MR) is 126 cm³/mol. The van der Waals surface area contributed by atoms with E-state index in [-0.39, 0.29) is 17.8 Å². The molecule has 0 spiro atoms. The zero-order valence-corrected chi connectivity index (χ0v) is 20.3. The molecule has 3 rings (SSSR count). The molecule has 1 aromatic heterocycles. The van der Waals surface area contributed by atoms with Crippen molar-refractivity contribution in [2.45, 2.75) is 43.6 Å². The molecule has 2 unspecified atom stereocenters. The summed E-state index contributed by atoms with van der Waals surface area (Å²) in [4.78, 5) is 0. The molecule has 0 aliphatic carbocycles. The molecule has 4 atom stereocenters. The van der Waals surface area contributed by atoms with Gasteiger partial charge in [-0.3, -0.25) is 0 Å². The molecule has 3 N–H and O–H groups in total. The van der Waals surface area contributed by atoms with Crippen LogP contribution in [0.3, 0.4) is 0 Å². The second-order valence-electron chi connectivity index (χ2n) is 7.86. The highest BCUT2D eigenvalue weighted by Gasteiger charge is 2.27. The normalized spacial score (nSPS) is 15.1. The lowest BCUT2D eigenvalue weighted by molar-refractivity contribution is -0.0972. The Hall–Kier alpha value is -2.15. The first-order valence-electron chi connectivity index (χ1n) is 10.7. The molecular formula is C23H25ClF3N3O4S. The summed E-state index contributed by atoms with van der Waals surface area (Å²) in [5, 5.41) is 38.5. The lowest BCUT2D eigenvalue weighted by atomic mass is 10.1. The Balaban J connectivity index is 1.70. The molecule has 0 fully saturated rings. The SMILES string of the molecule is C[C@@H](O)C(CO)OC(SCCc1cccc(Cl)c1)[C@@H](O)Cn1cc(-c2cc(F)c(F)c(F)c2)nn1. The molecule has 0 aliphatic rings. The van der Waals surface area contributed by atoms with Gasteiger partial charge in [0.1, 0.15) is 23.3 Å². The van der Waals surface area contributed by atoms with Crippen LogP contribution in [0.2, 0.25) is 5.02 Å². The van der Waals surface area contributed by atoms with E-state index in [0.717, 1.165) is 17.7 Å². The van der Waals surface area contributed by atoms with Crippen molar-refractivity contribution in [2.24, 2.45) is 0 Å². The zero-order valence-electron chi connectivity index (χ0n) is 18.7. The van der Waals surface area contributed by atoms with Gasteiger partial charge in [-0.05, 0) is 48.9 Å². The second kappa shape index (κ2) is 12.7. The fraction of sp³-hybridized carbons (Fsp3) is 0.391. The second-order valence-corrected chi connectivity index (χ2v) is 9.51. The molecule has 12 heteroatoms. The van der Waals surface area contributed by atoms with Crippen LogP contribution in [0.25, 0.3) is 11.3 Å². The third kappa shape index (κ3) is 7.66. The number of thioether (sulfide) groups is 1. The molecule has 7 nitrogen and oxygen atoms in total. The van der Waals surface area contributed by atoms with E-state index >= 15 is 0 Å². The molecule has 1 heterocycles. The van der Waals surface area contributed by atoms with Gasteiger partial charge in [-0.2, -0.15) is 0 Å². The van der Waals surface area contributed by atoms with Gasteiger partial charge in [0.05, 0.1) is 25.5 Å². The van der Waals surface area contributed by atoms with Crippen molar-refractivity contribution in [1.29, 1.82) is 0 Å². The smallest absolute Gasteiger partial charge is 0.194 e. The first-order valence-corrected chi connectivity index (χ1v) is 12.1. The van der Waals surface area contributed by atoms with Crippen LogP contribution in [0.15, 0.2) is 42.6 Å². The molecule has 0 amide bonds. The predicted octanol–water partition coefficient (Wildman–Crippen LogP) is 3.44. The summed E-state index contributed by atoms with van der Waals surface area (Å²) in [6.07, 6.45) is -1.08. The molecule has 2 aromatic carbocycles. The summed E-state index contributed by atoms with van der Waals surface area (Å²) in [6.45, 7) is 0.905. The standard InChI is InChI=1S/C23H25ClF3N3O4S/c1-13(32)21(12-31)34-23(35-6-5-14-3-2-4-16(24)7-14)20(33)11-30-10-19(28-29-30)15-8-17(25)22(27)18(26)9-15/h2-4,7-10,13,20-21,23,31-33H,5-6,11-12H2,1H3/t13-,20+,21?,23?/m1/s1. The van der Waals surface area contributed by atoms with E-state index in [1.165, 1.54) is 29.6 Å². The van der Waals surface area contributed by atoms with Crippen LogP contribution in [0.4, 0.5) is 13.2 Å². The highest BCUT2D eigenvalue weighted by atomic mass is 35.5. The van der Waals surface area contributed by atoms with E-state index in [1.807, 2.05) is 18.2 Å². The third-order valence-electron chi connectivity index (χ3n) is 5.10. The molecule has 0 saturated heterocycles. The van der Waals surface area contributed by atoms with Gasteiger partial charge in [-0.1, -0.05) is 28.9 Å². The number of hydrogen-bond donors (Lipinski definition) is 3. The summed E-state index contributed by atoms with van der Waals surface area (Å²) < 4.78 is 47.4. The number of aryl methyl sites for hydroxylation is 1. The van der Waals surface area contributed by atoms with Crippen molar-refractivity contribution >= 4 is 23.4 Å². The number of aliphatic hydroxyl groups excluding tert-OH is 3. The maximum Gasteiger partial charge on any atom is 0.194 e. The van der Waals surface area contributed by atoms with Crippen LogP contribution in [0, 0.1) is 17.5 Å². The summed E-state index contributed by atoms with van der Waals surface area (Å²) in [7, 11) is 0. The van der Waals surface area contributed by atoms with Crippen molar-refractivity contribution < 1.29 is 33.2 Å². The Morgan fingerprint density at radius 1 is 1.14 bits per heavy atom. The number of benzene rings is 2. The van der Waals surface area contributed by atoms with E-state index in [4.69, 9.17) is 16.3 Å². The third-order valence-corrected chi connectivity index (χ3v) is 6.52. The van der Waals surface area contributed by atoms with Gasteiger partial charge in [0.25, 0.3) is 0 Å².